The van der Waals surface area contributed by atoms with Gasteiger partial charge in [0, 0.05) is 12.3 Å². The Balaban J connectivity index is 2.74. The van der Waals surface area contributed by atoms with Gasteiger partial charge in [0.1, 0.15) is 9.84 Å². The van der Waals surface area contributed by atoms with Gasteiger partial charge < -0.3 is 10.1 Å². The smallest absolute Gasteiger partial charge is 0.322 e. The molecule has 0 aromatic carbocycles. The molecular formula is C10H17ClN4O3S. The van der Waals surface area contributed by atoms with Crippen molar-refractivity contribution in [3.63, 3.8) is 0 Å². The summed E-state index contributed by atoms with van der Waals surface area (Å²) in [6, 6.07) is -0.219. The molecule has 0 fully saturated rings. The zero-order valence-electron chi connectivity index (χ0n) is 11.1. The Morgan fingerprint density at radius 2 is 2.05 bits per heavy atom. The highest BCUT2D eigenvalue weighted by Crippen LogP contribution is 2.12. The highest BCUT2D eigenvalue weighted by molar-refractivity contribution is 7.90. The van der Waals surface area contributed by atoms with E-state index in [0.717, 1.165) is 6.42 Å². The molecule has 1 unspecified atom stereocenters. The molecule has 0 aliphatic heterocycles. The molecule has 0 radical (unpaired) electrons. The number of nitrogens with one attached hydrogen (secondary N) is 1. The van der Waals surface area contributed by atoms with E-state index < -0.39 is 9.84 Å². The zero-order chi connectivity index (χ0) is 14.5. The summed E-state index contributed by atoms with van der Waals surface area (Å²) >= 11 is 5.75. The summed E-state index contributed by atoms with van der Waals surface area (Å²) in [6.45, 7) is 4.14. The van der Waals surface area contributed by atoms with Crippen molar-refractivity contribution in [2.75, 3.05) is 23.9 Å². The molecule has 0 aliphatic rings. The molecule has 1 atom stereocenters. The van der Waals surface area contributed by atoms with Crippen LogP contribution in [0.15, 0.2) is 0 Å². The van der Waals surface area contributed by atoms with E-state index in [2.05, 4.69) is 20.3 Å². The van der Waals surface area contributed by atoms with E-state index in [1.807, 2.05) is 6.92 Å². The standard InChI is InChI=1S/C10H17ClN4O3S/c1-4-5-18-10-14-8(11)13-9(15-10)12-7(2)6-19(3,16)17/h7H,4-6H2,1-3H3,(H,12,13,14,15). The van der Waals surface area contributed by atoms with E-state index in [4.69, 9.17) is 16.3 Å². The van der Waals surface area contributed by atoms with Crippen molar-refractivity contribution in [3.8, 4) is 6.01 Å². The van der Waals surface area contributed by atoms with Crippen LogP contribution in [0, 0.1) is 0 Å². The molecule has 1 heterocycles. The van der Waals surface area contributed by atoms with Gasteiger partial charge in [-0.2, -0.15) is 15.0 Å². The Morgan fingerprint density at radius 1 is 1.37 bits per heavy atom. The van der Waals surface area contributed by atoms with Gasteiger partial charge in [-0.05, 0) is 24.9 Å². The first kappa shape index (κ1) is 15.9. The third-order valence-corrected chi connectivity index (χ3v) is 3.23. The van der Waals surface area contributed by atoms with Crippen molar-refractivity contribution < 1.29 is 13.2 Å². The van der Waals surface area contributed by atoms with Gasteiger partial charge in [-0.3, -0.25) is 0 Å². The third-order valence-electron chi connectivity index (χ3n) is 1.95. The lowest BCUT2D eigenvalue weighted by Gasteiger charge is -2.13. The topological polar surface area (TPSA) is 94.1 Å². The van der Waals surface area contributed by atoms with Crippen molar-refractivity contribution in [2.45, 2.75) is 26.3 Å². The van der Waals surface area contributed by atoms with E-state index in [1.54, 1.807) is 6.92 Å². The number of sulfone groups is 1. The maximum Gasteiger partial charge on any atom is 0.322 e. The number of hydrogen-bond donors (Lipinski definition) is 1. The molecule has 0 saturated carbocycles. The lowest BCUT2D eigenvalue weighted by Crippen LogP contribution is -2.26. The second kappa shape index (κ2) is 6.85. The number of nitrogens with zero attached hydrogens (tertiary/aromatic N) is 3. The Morgan fingerprint density at radius 3 is 2.63 bits per heavy atom. The van der Waals surface area contributed by atoms with Gasteiger partial charge >= 0.3 is 6.01 Å². The predicted octanol–water partition coefficient (Wildman–Crippen LogP) is 1.16. The first-order chi connectivity index (χ1) is 8.80. The molecule has 1 N–H and O–H groups in total. The normalized spacial score (nSPS) is 13.1. The molecule has 0 spiro atoms. The van der Waals surface area contributed by atoms with Gasteiger partial charge in [0.05, 0.1) is 12.4 Å². The van der Waals surface area contributed by atoms with Gasteiger partial charge in [-0.1, -0.05) is 6.92 Å². The fourth-order valence-corrected chi connectivity index (χ4v) is 2.51. The van der Waals surface area contributed by atoms with Crippen LogP contribution >= 0.6 is 11.6 Å². The molecular weight excluding hydrogens is 292 g/mol. The highest BCUT2D eigenvalue weighted by Gasteiger charge is 2.13. The largest absolute Gasteiger partial charge is 0.463 e. The van der Waals surface area contributed by atoms with Gasteiger partial charge in [-0.15, -0.1) is 0 Å². The minimum Gasteiger partial charge on any atom is -0.463 e. The van der Waals surface area contributed by atoms with Crippen molar-refractivity contribution in [1.82, 2.24) is 15.0 Å². The maximum absolute atomic E-state index is 11.2. The van der Waals surface area contributed by atoms with Crippen LogP contribution in [0.2, 0.25) is 5.28 Å². The van der Waals surface area contributed by atoms with Crippen molar-refractivity contribution in [1.29, 1.82) is 0 Å². The monoisotopic (exact) mass is 308 g/mol. The molecule has 1 aromatic heterocycles. The average molecular weight is 309 g/mol. The number of anilines is 1. The second-order valence-electron chi connectivity index (χ2n) is 4.20. The SMILES string of the molecule is CCCOc1nc(Cl)nc(NC(C)CS(C)(=O)=O)n1. The summed E-state index contributed by atoms with van der Waals surface area (Å²) in [5.41, 5.74) is 0. The summed E-state index contributed by atoms with van der Waals surface area (Å²) in [4.78, 5) is 11.7. The van der Waals surface area contributed by atoms with Crippen LogP contribution in [0.25, 0.3) is 0 Å². The molecule has 0 bridgehead atoms. The Hall–Kier alpha value is -1.15. The van der Waals surface area contributed by atoms with Crippen molar-refractivity contribution in [2.24, 2.45) is 0 Å². The Labute approximate surface area is 117 Å². The molecule has 1 rings (SSSR count). The zero-order valence-corrected chi connectivity index (χ0v) is 12.6. The molecule has 7 nitrogen and oxygen atoms in total. The number of aromatic nitrogens is 3. The minimum atomic E-state index is -3.08. The van der Waals surface area contributed by atoms with Crippen LogP contribution in [0.4, 0.5) is 5.95 Å². The van der Waals surface area contributed by atoms with E-state index >= 15 is 0 Å². The second-order valence-corrected chi connectivity index (χ2v) is 6.72. The molecule has 0 amide bonds. The fourth-order valence-electron chi connectivity index (χ4n) is 1.37. The van der Waals surface area contributed by atoms with Crippen LogP contribution in [0.1, 0.15) is 20.3 Å². The summed E-state index contributed by atoms with van der Waals surface area (Å²) < 4.78 is 27.6. The van der Waals surface area contributed by atoms with E-state index in [9.17, 15) is 8.42 Å². The first-order valence-electron chi connectivity index (χ1n) is 5.79. The average Bonchev–Trinajstić information content (AvgIpc) is 2.22. The van der Waals surface area contributed by atoms with Gasteiger partial charge in [0.25, 0.3) is 0 Å². The van der Waals surface area contributed by atoms with E-state index in [-0.39, 0.29) is 29.0 Å². The van der Waals surface area contributed by atoms with Crippen LogP contribution in [-0.2, 0) is 9.84 Å². The van der Waals surface area contributed by atoms with Crippen molar-refractivity contribution >= 4 is 27.4 Å². The number of hydrogen-bond acceptors (Lipinski definition) is 7. The quantitative estimate of drug-likeness (QED) is 0.807. The molecule has 19 heavy (non-hydrogen) atoms. The van der Waals surface area contributed by atoms with Gasteiger partial charge in [-0.25, -0.2) is 8.42 Å². The molecule has 9 heteroatoms. The van der Waals surface area contributed by atoms with Crippen LogP contribution < -0.4 is 10.1 Å². The lowest BCUT2D eigenvalue weighted by molar-refractivity contribution is 0.291. The summed E-state index contributed by atoms with van der Waals surface area (Å²) in [5, 5.41) is 2.85. The third kappa shape index (κ3) is 6.53. The summed E-state index contributed by atoms with van der Waals surface area (Å²) in [5.74, 6) is 0.170. The number of halogens is 1. The van der Waals surface area contributed by atoms with Crippen LogP contribution in [0.3, 0.4) is 0 Å². The number of ether oxygens (including phenoxy) is 1. The van der Waals surface area contributed by atoms with E-state index in [0.29, 0.717) is 6.61 Å². The highest BCUT2D eigenvalue weighted by atomic mass is 35.5. The van der Waals surface area contributed by atoms with Gasteiger partial charge in [0.2, 0.25) is 11.2 Å². The summed E-state index contributed by atoms with van der Waals surface area (Å²) in [6.07, 6.45) is 1.98. The number of rotatable bonds is 7. The molecule has 108 valence electrons. The fraction of sp³-hybridized carbons (Fsp3) is 0.700. The Bertz CT molecular complexity index is 524. The molecule has 0 aliphatic carbocycles. The van der Waals surface area contributed by atoms with E-state index in [1.165, 1.54) is 6.26 Å². The van der Waals surface area contributed by atoms with Crippen molar-refractivity contribution in [3.05, 3.63) is 5.28 Å². The minimum absolute atomic E-state index is 0.00448. The van der Waals surface area contributed by atoms with Crippen LogP contribution in [0.5, 0.6) is 6.01 Å². The van der Waals surface area contributed by atoms with Crippen LogP contribution in [-0.4, -0.2) is 48.0 Å². The first-order valence-corrected chi connectivity index (χ1v) is 8.22. The lowest BCUT2D eigenvalue weighted by atomic mass is 10.4. The Kier molecular flexibility index (Phi) is 5.74. The maximum atomic E-state index is 11.2. The summed E-state index contributed by atoms with van der Waals surface area (Å²) in [7, 11) is -3.08. The molecule has 0 saturated heterocycles. The van der Waals surface area contributed by atoms with Gasteiger partial charge in [0.15, 0.2) is 0 Å². The molecule has 1 aromatic rings. The predicted molar refractivity (Wildman–Crippen MR) is 73.4 cm³/mol.